The van der Waals surface area contributed by atoms with Crippen molar-refractivity contribution in [3.8, 4) is 0 Å². The van der Waals surface area contributed by atoms with Crippen LogP contribution in [-0.4, -0.2) is 30.1 Å². The molecule has 1 aromatic rings. The first kappa shape index (κ1) is 12.9. The standard InChI is InChI=1S/C11H12N2O4/c1-12(17-2)11(14)7-6-9-4-3-5-10(8-9)13(15)16/h3-8H,1-2H3/b7-6+. The lowest BCUT2D eigenvalue weighted by Crippen LogP contribution is -2.22. The van der Waals surface area contributed by atoms with Crippen LogP contribution in [0, 0.1) is 10.1 Å². The van der Waals surface area contributed by atoms with Crippen molar-refractivity contribution < 1.29 is 14.6 Å². The highest BCUT2D eigenvalue weighted by atomic mass is 16.7. The first-order chi connectivity index (χ1) is 8.04. The molecule has 90 valence electrons. The Morgan fingerprint density at radius 1 is 1.53 bits per heavy atom. The molecule has 0 fully saturated rings. The second-order valence-electron chi connectivity index (χ2n) is 3.20. The molecule has 0 saturated heterocycles. The summed E-state index contributed by atoms with van der Waals surface area (Å²) in [5, 5.41) is 11.6. The summed E-state index contributed by atoms with van der Waals surface area (Å²) in [6.45, 7) is 0. The van der Waals surface area contributed by atoms with E-state index < -0.39 is 4.92 Å². The molecule has 1 amide bonds. The number of carbonyl (C=O) groups excluding carboxylic acids is 1. The second-order valence-corrected chi connectivity index (χ2v) is 3.20. The van der Waals surface area contributed by atoms with Gasteiger partial charge in [0.1, 0.15) is 0 Å². The van der Waals surface area contributed by atoms with Gasteiger partial charge in [0.2, 0.25) is 0 Å². The Bertz CT molecular complexity index is 457. The molecular formula is C11H12N2O4. The molecule has 0 bridgehead atoms. The van der Waals surface area contributed by atoms with Gasteiger partial charge in [-0.3, -0.25) is 19.7 Å². The molecule has 0 aromatic heterocycles. The lowest BCUT2D eigenvalue weighted by atomic mass is 10.2. The summed E-state index contributed by atoms with van der Waals surface area (Å²) in [5.41, 5.74) is 0.566. The number of likely N-dealkylation sites (N-methyl/N-ethyl adjacent to an activating group) is 1. The summed E-state index contributed by atoms with van der Waals surface area (Å²) < 4.78 is 0. The van der Waals surface area contributed by atoms with Crippen molar-refractivity contribution >= 4 is 17.7 Å². The average Bonchev–Trinajstić information content (AvgIpc) is 2.35. The number of hydrogen-bond donors (Lipinski definition) is 0. The number of amides is 1. The molecule has 0 spiro atoms. The predicted octanol–water partition coefficient (Wildman–Crippen LogP) is 1.63. The highest BCUT2D eigenvalue weighted by Gasteiger charge is 2.05. The fourth-order valence-corrected chi connectivity index (χ4v) is 1.10. The fraction of sp³-hybridized carbons (Fsp3) is 0.182. The van der Waals surface area contributed by atoms with Crippen LogP contribution in [0.2, 0.25) is 0 Å². The minimum atomic E-state index is -0.486. The van der Waals surface area contributed by atoms with Crippen LogP contribution in [0.25, 0.3) is 6.08 Å². The number of non-ortho nitro benzene ring substituents is 1. The molecule has 0 saturated carbocycles. The number of carbonyl (C=O) groups is 1. The maximum atomic E-state index is 11.3. The third-order valence-corrected chi connectivity index (χ3v) is 2.08. The second kappa shape index (κ2) is 5.76. The molecule has 0 atom stereocenters. The number of hydroxylamine groups is 2. The maximum absolute atomic E-state index is 11.3. The zero-order valence-electron chi connectivity index (χ0n) is 9.49. The SMILES string of the molecule is CON(C)C(=O)/C=C/c1cccc([N+](=O)[O-])c1. The van der Waals surface area contributed by atoms with E-state index in [0.717, 1.165) is 5.06 Å². The van der Waals surface area contributed by atoms with E-state index >= 15 is 0 Å². The molecule has 1 aromatic carbocycles. The van der Waals surface area contributed by atoms with E-state index in [1.807, 2.05) is 0 Å². The first-order valence-corrected chi connectivity index (χ1v) is 4.79. The molecule has 0 radical (unpaired) electrons. The van der Waals surface area contributed by atoms with E-state index in [4.69, 9.17) is 0 Å². The number of benzene rings is 1. The van der Waals surface area contributed by atoms with E-state index in [1.165, 1.54) is 38.4 Å². The van der Waals surface area contributed by atoms with Crippen LogP contribution in [0.3, 0.4) is 0 Å². The van der Waals surface area contributed by atoms with Crippen molar-refractivity contribution in [2.24, 2.45) is 0 Å². The Kier molecular flexibility index (Phi) is 4.36. The van der Waals surface area contributed by atoms with Crippen molar-refractivity contribution in [1.82, 2.24) is 5.06 Å². The minimum absolute atomic E-state index is 0.0142. The Morgan fingerprint density at radius 3 is 2.82 bits per heavy atom. The van der Waals surface area contributed by atoms with Crippen molar-refractivity contribution in [3.05, 3.63) is 46.0 Å². The van der Waals surface area contributed by atoms with Gasteiger partial charge >= 0.3 is 0 Å². The van der Waals surface area contributed by atoms with Gasteiger partial charge in [-0.1, -0.05) is 12.1 Å². The third kappa shape index (κ3) is 3.69. The summed E-state index contributed by atoms with van der Waals surface area (Å²) in [5.74, 6) is -0.348. The van der Waals surface area contributed by atoms with Gasteiger partial charge in [0.05, 0.1) is 12.0 Å². The van der Waals surface area contributed by atoms with Crippen LogP contribution in [0.5, 0.6) is 0 Å². The number of nitro benzene ring substituents is 1. The highest BCUT2D eigenvalue weighted by molar-refractivity contribution is 5.90. The number of hydrogen-bond acceptors (Lipinski definition) is 4. The van der Waals surface area contributed by atoms with Crippen LogP contribution in [0.1, 0.15) is 5.56 Å². The van der Waals surface area contributed by atoms with Crippen LogP contribution < -0.4 is 0 Å². The van der Waals surface area contributed by atoms with E-state index in [9.17, 15) is 14.9 Å². The van der Waals surface area contributed by atoms with Gasteiger partial charge in [0, 0.05) is 25.3 Å². The average molecular weight is 236 g/mol. The van der Waals surface area contributed by atoms with Crippen LogP contribution in [0.4, 0.5) is 5.69 Å². The van der Waals surface area contributed by atoms with Crippen LogP contribution in [-0.2, 0) is 9.63 Å². The van der Waals surface area contributed by atoms with E-state index in [1.54, 1.807) is 12.1 Å². The van der Waals surface area contributed by atoms with Gasteiger partial charge in [-0.05, 0) is 11.6 Å². The number of nitro groups is 1. The predicted molar refractivity (Wildman–Crippen MR) is 61.9 cm³/mol. The first-order valence-electron chi connectivity index (χ1n) is 4.79. The summed E-state index contributed by atoms with van der Waals surface area (Å²) in [6, 6.07) is 6.00. The molecule has 0 aliphatic rings. The Labute approximate surface area is 98.2 Å². The van der Waals surface area contributed by atoms with Gasteiger partial charge in [-0.2, -0.15) is 0 Å². The molecule has 0 heterocycles. The van der Waals surface area contributed by atoms with Crippen molar-refractivity contribution in [1.29, 1.82) is 0 Å². The fourth-order valence-electron chi connectivity index (χ4n) is 1.10. The van der Waals surface area contributed by atoms with Gasteiger partial charge in [-0.15, -0.1) is 0 Å². The number of rotatable bonds is 4. The minimum Gasteiger partial charge on any atom is -0.274 e. The smallest absolute Gasteiger partial charge is 0.270 e. The van der Waals surface area contributed by atoms with Crippen LogP contribution in [0.15, 0.2) is 30.3 Å². The lowest BCUT2D eigenvalue weighted by molar-refractivity contribution is -0.384. The molecule has 0 aliphatic heterocycles. The Balaban J connectivity index is 2.81. The maximum Gasteiger partial charge on any atom is 0.270 e. The van der Waals surface area contributed by atoms with Crippen molar-refractivity contribution in [2.45, 2.75) is 0 Å². The summed E-state index contributed by atoms with van der Waals surface area (Å²) in [6.07, 6.45) is 2.77. The van der Waals surface area contributed by atoms with Gasteiger partial charge in [-0.25, -0.2) is 5.06 Å². The summed E-state index contributed by atoms with van der Waals surface area (Å²) in [4.78, 5) is 26.1. The summed E-state index contributed by atoms with van der Waals surface area (Å²) >= 11 is 0. The molecule has 6 nitrogen and oxygen atoms in total. The topological polar surface area (TPSA) is 72.7 Å². The monoisotopic (exact) mass is 236 g/mol. The molecule has 6 heteroatoms. The molecule has 0 aliphatic carbocycles. The number of nitrogens with zero attached hydrogens (tertiary/aromatic N) is 2. The van der Waals surface area contributed by atoms with Crippen LogP contribution >= 0.6 is 0 Å². The van der Waals surface area contributed by atoms with Crippen molar-refractivity contribution in [2.75, 3.05) is 14.2 Å². The Hall–Kier alpha value is -2.21. The van der Waals surface area contributed by atoms with E-state index in [2.05, 4.69) is 4.84 Å². The highest BCUT2D eigenvalue weighted by Crippen LogP contribution is 2.14. The van der Waals surface area contributed by atoms with Gasteiger partial charge < -0.3 is 0 Å². The Morgan fingerprint density at radius 2 is 2.24 bits per heavy atom. The quantitative estimate of drug-likeness (QED) is 0.452. The zero-order chi connectivity index (χ0) is 12.8. The van der Waals surface area contributed by atoms with Gasteiger partial charge in [0.25, 0.3) is 11.6 Å². The van der Waals surface area contributed by atoms with Crippen molar-refractivity contribution in [3.63, 3.8) is 0 Å². The summed E-state index contributed by atoms with van der Waals surface area (Å²) in [7, 11) is 2.85. The van der Waals surface area contributed by atoms with Gasteiger partial charge in [0.15, 0.2) is 0 Å². The largest absolute Gasteiger partial charge is 0.274 e. The molecule has 0 unspecified atom stereocenters. The van der Waals surface area contributed by atoms with E-state index in [-0.39, 0.29) is 11.6 Å². The van der Waals surface area contributed by atoms with E-state index in [0.29, 0.717) is 5.56 Å². The lowest BCUT2D eigenvalue weighted by Gasteiger charge is -2.09. The molecular weight excluding hydrogens is 224 g/mol. The third-order valence-electron chi connectivity index (χ3n) is 2.08. The molecule has 1 rings (SSSR count). The molecule has 0 N–H and O–H groups in total. The molecule has 17 heavy (non-hydrogen) atoms. The zero-order valence-corrected chi connectivity index (χ0v) is 9.49. The normalized spacial score (nSPS) is 10.5.